The van der Waals surface area contributed by atoms with Crippen LogP contribution >= 0.6 is 0 Å². The zero-order chi connectivity index (χ0) is 52.9. The maximum atomic E-state index is 5.43. The Labute approximate surface area is 464 Å². The molecule has 3 aliphatic rings. The smallest absolute Gasteiger partial charge is 0.161 e. The highest BCUT2D eigenvalue weighted by molar-refractivity contribution is 5.90. The Morgan fingerprint density at radius 1 is 0.200 bits per heavy atom. The average Bonchev–Trinajstić information content (AvgIpc) is 3.64. The highest BCUT2D eigenvalue weighted by Gasteiger charge is 2.41. The lowest BCUT2D eigenvalue weighted by Gasteiger charge is -2.42. The van der Waals surface area contributed by atoms with Gasteiger partial charge in [0.2, 0.25) is 0 Å². The van der Waals surface area contributed by atoms with E-state index in [1.165, 1.54) is 33.4 Å². The van der Waals surface area contributed by atoms with Crippen LogP contribution in [0.5, 0.6) is 0 Å². The van der Waals surface area contributed by atoms with Gasteiger partial charge in [-0.3, -0.25) is 9.97 Å². The maximum absolute atomic E-state index is 5.43. The molecule has 16 rings (SSSR count). The van der Waals surface area contributed by atoms with Gasteiger partial charge in [0.1, 0.15) is 0 Å². The number of nitrogens with zero attached hydrogens (tertiary/aromatic N) is 6. The van der Waals surface area contributed by atoms with Crippen molar-refractivity contribution in [2.75, 3.05) is 0 Å². The molecule has 0 N–H and O–H groups in total. The Kier molecular flexibility index (Phi) is 11.6. The molecule has 0 fully saturated rings. The standard InChI is InChI=1S/C74H48N6/c1-3-17-49(18-4-1)67-45-68(57-25-11-7-21-53(57)47-35-39-75-40-36-47)80-74(77-67)64-30-16-10-24-56(64)52-32-34-63-66(44-52)72-61-29-15-14-28-60(61)71(63)65-43-51(31-33-62(65)72)55-23-9-13-27-59(55)70-46-69(78-73(79-70)50-19-5-2-6-20-50)58-26-12-8-22-54(58)48-37-41-76-42-38-48/h1-46,71-72H. The Morgan fingerprint density at radius 3 is 1.01 bits per heavy atom. The third-order valence-electron chi connectivity index (χ3n) is 16.0. The molecule has 0 spiro atoms. The first-order valence-corrected chi connectivity index (χ1v) is 27.1. The van der Waals surface area contributed by atoms with Gasteiger partial charge in [-0.05, 0) is 126 Å². The van der Waals surface area contributed by atoms with Gasteiger partial charge in [-0.1, -0.05) is 206 Å². The summed E-state index contributed by atoms with van der Waals surface area (Å²) in [5.41, 5.74) is 26.4. The average molecular weight is 1020 g/mol. The largest absolute Gasteiger partial charge is 0.265 e. The van der Waals surface area contributed by atoms with Crippen LogP contribution in [-0.4, -0.2) is 29.9 Å². The van der Waals surface area contributed by atoms with E-state index in [0.29, 0.717) is 11.6 Å². The minimum atomic E-state index is 0.0462. The predicted molar refractivity (Wildman–Crippen MR) is 322 cm³/mol. The summed E-state index contributed by atoms with van der Waals surface area (Å²) in [4.78, 5) is 30.0. The van der Waals surface area contributed by atoms with Crippen LogP contribution in [0, 0.1) is 0 Å². The molecule has 3 aliphatic carbocycles. The van der Waals surface area contributed by atoms with Gasteiger partial charge >= 0.3 is 0 Å². The van der Waals surface area contributed by atoms with E-state index in [1.54, 1.807) is 0 Å². The van der Waals surface area contributed by atoms with Crippen molar-refractivity contribution in [2.24, 2.45) is 0 Å². The molecule has 9 aromatic carbocycles. The van der Waals surface area contributed by atoms with E-state index in [1.807, 2.05) is 49.1 Å². The molecule has 6 heteroatoms. The molecular formula is C74H48N6. The fourth-order valence-corrected chi connectivity index (χ4v) is 12.3. The van der Waals surface area contributed by atoms with Gasteiger partial charge in [-0.25, -0.2) is 19.9 Å². The number of hydrogen-bond acceptors (Lipinski definition) is 6. The maximum Gasteiger partial charge on any atom is 0.161 e. The Morgan fingerprint density at radius 2 is 0.537 bits per heavy atom. The van der Waals surface area contributed by atoms with E-state index in [-0.39, 0.29) is 11.8 Å². The van der Waals surface area contributed by atoms with E-state index in [4.69, 9.17) is 19.9 Å². The summed E-state index contributed by atoms with van der Waals surface area (Å²) in [6.45, 7) is 0. The second-order valence-corrected chi connectivity index (χ2v) is 20.5. The summed E-state index contributed by atoms with van der Waals surface area (Å²) in [7, 11) is 0. The first-order chi connectivity index (χ1) is 39.7. The molecule has 2 atom stereocenters. The Balaban J connectivity index is 0.836. The topological polar surface area (TPSA) is 77.3 Å². The predicted octanol–water partition coefficient (Wildman–Crippen LogP) is 17.7. The monoisotopic (exact) mass is 1020 g/mol. The van der Waals surface area contributed by atoms with Gasteiger partial charge in [0.05, 0.1) is 22.8 Å². The molecule has 13 aromatic rings. The molecular weight excluding hydrogens is 973 g/mol. The van der Waals surface area contributed by atoms with Crippen molar-refractivity contribution in [1.82, 2.24) is 29.9 Å². The van der Waals surface area contributed by atoms with Gasteiger partial charge in [0, 0.05) is 70.0 Å². The highest BCUT2D eigenvalue weighted by Crippen LogP contribution is 2.57. The SMILES string of the molecule is c1ccc(-c2cc(-c3ccccc3-c3ccncc3)nc(-c3ccccc3-c3ccc4c(c3)C3c5ccccc5C4c4cc(-c5ccccc5-c5cc(-c6ccccc6-c6ccncc6)nc(-c6ccccc6)n5)ccc43)n2)cc1. The van der Waals surface area contributed by atoms with Gasteiger partial charge in [0.25, 0.3) is 0 Å². The summed E-state index contributed by atoms with van der Waals surface area (Å²) in [6, 6.07) is 90.8. The van der Waals surface area contributed by atoms with Crippen molar-refractivity contribution < 1.29 is 0 Å². The molecule has 0 amide bonds. The molecule has 4 aromatic heterocycles. The first-order valence-electron chi connectivity index (χ1n) is 27.1. The third-order valence-corrected chi connectivity index (χ3v) is 16.0. The Bertz CT molecular complexity index is 4200. The number of aromatic nitrogens is 6. The van der Waals surface area contributed by atoms with E-state index in [2.05, 4.69) is 240 Å². The van der Waals surface area contributed by atoms with Crippen molar-refractivity contribution in [1.29, 1.82) is 0 Å². The first kappa shape index (κ1) is 46.7. The summed E-state index contributed by atoms with van der Waals surface area (Å²) in [5.74, 6) is 1.45. The van der Waals surface area contributed by atoms with Gasteiger partial charge < -0.3 is 0 Å². The lowest BCUT2D eigenvalue weighted by molar-refractivity contribution is 0.755. The van der Waals surface area contributed by atoms with Crippen LogP contribution in [0.25, 0.3) is 112 Å². The summed E-state index contributed by atoms with van der Waals surface area (Å²) in [6.07, 6.45) is 7.36. The molecule has 0 saturated heterocycles. The van der Waals surface area contributed by atoms with Crippen LogP contribution in [0.15, 0.2) is 280 Å². The van der Waals surface area contributed by atoms with E-state index in [0.717, 1.165) is 101 Å². The lowest BCUT2D eigenvalue weighted by atomic mass is 9.60. The molecule has 2 bridgehead atoms. The highest BCUT2D eigenvalue weighted by atomic mass is 14.9. The molecule has 6 nitrogen and oxygen atoms in total. The van der Waals surface area contributed by atoms with Crippen LogP contribution in [-0.2, 0) is 0 Å². The minimum Gasteiger partial charge on any atom is -0.265 e. The van der Waals surface area contributed by atoms with Crippen molar-refractivity contribution in [3.63, 3.8) is 0 Å². The molecule has 0 saturated carbocycles. The number of rotatable bonds is 10. The van der Waals surface area contributed by atoms with E-state index < -0.39 is 0 Å². The van der Waals surface area contributed by atoms with Gasteiger partial charge in [0.15, 0.2) is 11.6 Å². The number of hydrogen-bond donors (Lipinski definition) is 0. The normalized spacial score (nSPS) is 13.8. The molecule has 374 valence electrons. The minimum absolute atomic E-state index is 0.0462. The van der Waals surface area contributed by atoms with E-state index >= 15 is 0 Å². The number of benzene rings is 9. The fraction of sp³-hybridized carbons (Fsp3) is 0.0270. The zero-order valence-electron chi connectivity index (χ0n) is 43.4. The van der Waals surface area contributed by atoms with Crippen LogP contribution < -0.4 is 0 Å². The summed E-state index contributed by atoms with van der Waals surface area (Å²) < 4.78 is 0. The molecule has 80 heavy (non-hydrogen) atoms. The van der Waals surface area contributed by atoms with Gasteiger partial charge in [-0.2, -0.15) is 0 Å². The van der Waals surface area contributed by atoms with E-state index in [9.17, 15) is 0 Å². The zero-order valence-corrected chi connectivity index (χ0v) is 43.4. The Hall–Kier alpha value is -10.6. The van der Waals surface area contributed by atoms with Crippen LogP contribution in [0.1, 0.15) is 45.2 Å². The molecule has 4 heterocycles. The fourth-order valence-electron chi connectivity index (χ4n) is 12.3. The number of pyridine rings is 2. The summed E-state index contributed by atoms with van der Waals surface area (Å²) in [5, 5.41) is 0. The van der Waals surface area contributed by atoms with Crippen molar-refractivity contribution in [3.05, 3.63) is 313 Å². The molecule has 0 radical (unpaired) electrons. The van der Waals surface area contributed by atoms with Crippen molar-refractivity contribution in [3.8, 4) is 112 Å². The van der Waals surface area contributed by atoms with Crippen LogP contribution in [0.4, 0.5) is 0 Å². The van der Waals surface area contributed by atoms with Crippen molar-refractivity contribution in [2.45, 2.75) is 11.8 Å². The van der Waals surface area contributed by atoms with Gasteiger partial charge in [-0.15, -0.1) is 0 Å². The third kappa shape index (κ3) is 8.21. The lowest BCUT2D eigenvalue weighted by Crippen LogP contribution is -2.27. The van der Waals surface area contributed by atoms with Crippen LogP contribution in [0.3, 0.4) is 0 Å². The molecule has 0 aliphatic heterocycles. The molecule has 2 unspecified atom stereocenters. The second-order valence-electron chi connectivity index (χ2n) is 20.5. The quantitative estimate of drug-likeness (QED) is 0.136. The van der Waals surface area contributed by atoms with Crippen molar-refractivity contribution >= 4 is 0 Å². The second kappa shape index (κ2) is 19.8. The summed E-state index contributed by atoms with van der Waals surface area (Å²) >= 11 is 0. The van der Waals surface area contributed by atoms with Crippen LogP contribution in [0.2, 0.25) is 0 Å².